The standard InChI is InChI=1S/C19H24N6O5/c1-2-29-15(26)12-13-4-6-14(7-5-13)21-19(28)25-9-3-8-24(10-11-25)18(27)16-17(20)23-30-22-16/h4-7H,2-3,8-12H2,1H3,(H2,20,23)(H,21,28). The first-order chi connectivity index (χ1) is 14.5. The van der Waals surface area contributed by atoms with Gasteiger partial charge in [0.05, 0.1) is 13.0 Å². The second kappa shape index (κ2) is 9.72. The molecule has 1 aliphatic heterocycles. The Bertz CT molecular complexity index is 897. The summed E-state index contributed by atoms with van der Waals surface area (Å²) in [5.41, 5.74) is 6.99. The van der Waals surface area contributed by atoms with Crippen LogP contribution in [0.3, 0.4) is 0 Å². The van der Waals surface area contributed by atoms with Crippen molar-refractivity contribution in [2.24, 2.45) is 0 Å². The third-order valence-corrected chi connectivity index (χ3v) is 4.65. The quantitative estimate of drug-likeness (QED) is 0.691. The van der Waals surface area contributed by atoms with Crippen LogP contribution in [-0.2, 0) is 16.0 Å². The molecule has 11 nitrogen and oxygen atoms in total. The number of hydrogen-bond acceptors (Lipinski definition) is 8. The molecule has 0 radical (unpaired) electrons. The van der Waals surface area contributed by atoms with Crippen LogP contribution in [0.4, 0.5) is 16.3 Å². The Hall–Kier alpha value is -3.63. The number of anilines is 2. The Balaban J connectivity index is 1.53. The maximum absolute atomic E-state index is 12.6. The number of hydrogen-bond donors (Lipinski definition) is 2. The van der Waals surface area contributed by atoms with Crippen LogP contribution in [-0.4, -0.2) is 70.8 Å². The smallest absolute Gasteiger partial charge is 0.321 e. The molecule has 2 aromatic rings. The topological polar surface area (TPSA) is 144 Å². The van der Waals surface area contributed by atoms with Crippen molar-refractivity contribution < 1.29 is 23.7 Å². The molecule has 0 unspecified atom stereocenters. The number of nitrogens with two attached hydrogens (primary N) is 1. The van der Waals surface area contributed by atoms with Crippen molar-refractivity contribution in [3.05, 3.63) is 35.5 Å². The van der Waals surface area contributed by atoms with Gasteiger partial charge >= 0.3 is 12.0 Å². The number of nitrogens with one attached hydrogen (secondary N) is 1. The lowest BCUT2D eigenvalue weighted by atomic mass is 10.1. The molecule has 0 bridgehead atoms. The van der Waals surface area contributed by atoms with Crippen molar-refractivity contribution in [3.63, 3.8) is 0 Å². The lowest BCUT2D eigenvalue weighted by molar-refractivity contribution is -0.142. The summed E-state index contributed by atoms with van der Waals surface area (Å²) in [7, 11) is 0. The van der Waals surface area contributed by atoms with E-state index in [0.717, 1.165) is 5.56 Å². The van der Waals surface area contributed by atoms with E-state index in [1.54, 1.807) is 41.0 Å². The Kier molecular flexibility index (Phi) is 6.83. The first-order valence-corrected chi connectivity index (χ1v) is 9.65. The minimum Gasteiger partial charge on any atom is -0.466 e. The molecule has 1 saturated heterocycles. The molecule has 3 amide bonds. The minimum absolute atomic E-state index is 0.0178. The molecule has 30 heavy (non-hydrogen) atoms. The van der Waals surface area contributed by atoms with Gasteiger partial charge in [0.2, 0.25) is 11.5 Å². The summed E-state index contributed by atoms with van der Waals surface area (Å²) in [4.78, 5) is 39.8. The number of ether oxygens (including phenoxy) is 1. The lowest BCUT2D eigenvalue weighted by Crippen LogP contribution is -2.39. The van der Waals surface area contributed by atoms with Crippen LogP contribution in [0, 0.1) is 0 Å². The number of nitrogens with zero attached hydrogens (tertiary/aromatic N) is 4. The van der Waals surface area contributed by atoms with Crippen LogP contribution in [0.5, 0.6) is 0 Å². The molecule has 0 atom stereocenters. The van der Waals surface area contributed by atoms with Gasteiger partial charge in [0.1, 0.15) is 0 Å². The van der Waals surface area contributed by atoms with E-state index in [2.05, 4.69) is 20.3 Å². The highest BCUT2D eigenvalue weighted by Crippen LogP contribution is 2.14. The molecule has 2 heterocycles. The van der Waals surface area contributed by atoms with Gasteiger partial charge in [-0.2, -0.15) is 0 Å². The number of carbonyl (C=O) groups excluding carboxylic acids is 3. The second-order valence-corrected chi connectivity index (χ2v) is 6.74. The van der Waals surface area contributed by atoms with Gasteiger partial charge in [-0.15, -0.1) is 0 Å². The summed E-state index contributed by atoms with van der Waals surface area (Å²) in [6.07, 6.45) is 0.798. The van der Waals surface area contributed by atoms with E-state index in [0.29, 0.717) is 44.9 Å². The highest BCUT2D eigenvalue weighted by molar-refractivity contribution is 5.96. The third-order valence-electron chi connectivity index (χ3n) is 4.65. The van der Waals surface area contributed by atoms with Gasteiger partial charge in [0.15, 0.2) is 0 Å². The Labute approximate surface area is 173 Å². The van der Waals surface area contributed by atoms with Gasteiger partial charge in [-0.3, -0.25) is 9.59 Å². The number of nitrogen functional groups attached to an aromatic ring is 1. The van der Waals surface area contributed by atoms with Gasteiger partial charge in [-0.1, -0.05) is 12.1 Å². The lowest BCUT2D eigenvalue weighted by Gasteiger charge is -2.22. The highest BCUT2D eigenvalue weighted by atomic mass is 16.6. The normalized spacial score (nSPS) is 14.2. The molecule has 1 aromatic carbocycles. The van der Waals surface area contributed by atoms with E-state index < -0.39 is 0 Å². The summed E-state index contributed by atoms with van der Waals surface area (Å²) < 4.78 is 9.41. The Morgan fingerprint density at radius 3 is 2.47 bits per heavy atom. The molecular weight excluding hydrogens is 392 g/mol. The van der Waals surface area contributed by atoms with Crippen molar-refractivity contribution in [1.82, 2.24) is 20.1 Å². The van der Waals surface area contributed by atoms with Crippen molar-refractivity contribution in [2.75, 3.05) is 43.8 Å². The third kappa shape index (κ3) is 5.25. The second-order valence-electron chi connectivity index (χ2n) is 6.74. The van der Waals surface area contributed by atoms with Crippen molar-refractivity contribution in [3.8, 4) is 0 Å². The minimum atomic E-state index is -0.367. The molecule has 3 rings (SSSR count). The summed E-state index contributed by atoms with van der Waals surface area (Å²) in [6.45, 7) is 3.78. The SMILES string of the molecule is CCOC(=O)Cc1ccc(NC(=O)N2CCCN(C(=O)c3nonc3N)CC2)cc1. The molecule has 3 N–H and O–H groups in total. The predicted octanol–water partition coefficient (Wildman–Crippen LogP) is 1.14. The molecule has 0 aliphatic carbocycles. The van der Waals surface area contributed by atoms with Crippen molar-refractivity contribution in [2.45, 2.75) is 19.8 Å². The van der Waals surface area contributed by atoms with E-state index >= 15 is 0 Å². The fraction of sp³-hybridized carbons (Fsp3) is 0.421. The number of aromatic nitrogens is 2. The number of urea groups is 1. The largest absolute Gasteiger partial charge is 0.466 e. The summed E-state index contributed by atoms with van der Waals surface area (Å²) >= 11 is 0. The van der Waals surface area contributed by atoms with Crippen molar-refractivity contribution >= 4 is 29.4 Å². The van der Waals surface area contributed by atoms with Gasteiger partial charge in [0, 0.05) is 31.9 Å². The molecule has 1 aromatic heterocycles. The molecule has 160 valence electrons. The average molecular weight is 416 g/mol. The van der Waals surface area contributed by atoms with E-state index in [-0.39, 0.29) is 35.8 Å². The molecule has 1 fully saturated rings. The molecule has 1 aliphatic rings. The summed E-state index contributed by atoms with van der Waals surface area (Å²) in [6, 6.07) is 6.75. The van der Waals surface area contributed by atoms with Crippen LogP contribution in [0.2, 0.25) is 0 Å². The molecule has 0 saturated carbocycles. The predicted molar refractivity (Wildman–Crippen MR) is 107 cm³/mol. The molecular formula is C19H24N6O5. The first-order valence-electron chi connectivity index (χ1n) is 9.65. The fourth-order valence-corrected chi connectivity index (χ4v) is 3.10. The zero-order chi connectivity index (χ0) is 21.5. The summed E-state index contributed by atoms with van der Waals surface area (Å²) in [5, 5.41) is 9.80. The van der Waals surface area contributed by atoms with E-state index in [9.17, 15) is 14.4 Å². The van der Waals surface area contributed by atoms with Crippen LogP contribution in [0.25, 0.3) is 0 Å². The molecule has 0 spiro atoms. The highest BCUT2D eigenvalue weighted by Gasteiger charge is 2.26. The van der Waals surface area contributed by atoms with E-state index in [1.807, 2.05) is 0 Å². The van der Waals surface area contributed by atoms with Crippen LogP contribution < -0.4 is 11.1 Å². The van der Waals surface area contributed by atoms with Crippen LogP contribution in [0.15, 0.2) is 28.9 Å². The molecule has 11 heteroatoms. The zero-order valence-corrected chi connectivity index (χ0v) is 16.7. The summed E-state index contributed by atoms with van der Waals surface area (Å²) in [5.74, 6) is -0.709. The Morgan fingerprint density at radius 2 is 1.80 bits per heavy atom. The van der Waals surface area contributed by atoms with Gasteiger partial charge in [-0.05, 0) is 41.4 Å². The number of rotatable bonds is 5. The van der Waals surface area contributed by atoms with Gasteiger partial charge in [-0.25, -0.2) is 9.42 Å². The fourth-order valence-electron chi connectivity index (χ4n) is 3.10. The number of carbonyl (C=O) groups is 3. The number of benzene rings is 1. The maximum atomic E-state index is 12.6. The van der Waals surface area contributed by atoms with E-state index in [1.165, 1.54) is 0 Å². The van der Waals surface area contributed by atoms with Gasteiger partial charge < -0.3 is 25.6 Å². The Morgan fingerprint density at radius 1 is 1.10 bits per heavy atom. The number of esters is 1. The van der Waals surface area contributed by atoms with Crippen LogP contribution >= 0.6 is 0 Å². The van der Waals surface area contributed by atoms with Crippen molar-refractivity contribution in [1.29, 1.82) is 0 Å². The first kappa shape index (κ1) is 21.1. The van der Waals surface area contributed by atoms with Crippen LogP contribution in [0.1, 0.15) is 29.4 Å². The maximum Gasteiger partial charge on any atom is 0.321 e. The number of amides is 3. The monoisotopic (exact) mass is 416 g/mol. The van der Waals surface area contributed by atoms with Gasteiger partial charge in [0.25, 0.3) is 5.91 Å². The average Bonchev–Trinajstić information content (AvgIpc) is 3.00. The van der Waals surface area contributed by atoms with E-state index in [4.69, 9.17) is 10.5 Å². The zero-order valence-electron chi connectivity index (χ0n) is 16.7.